The molecule has 0 aromatic heterocycles. The van der Waals surface area contributed by atoms with E-state index in [-0.39, 0.29) is 17.4 Å². The quantitative estimate of drug-likeness (QED) is 0.593. The number of hydrogen-bond donors (Lipinski definition) is 3. The van der Waals surface area contributed by atoms with E-state index in [1.807, 2.05) is 18.7 Å². The molecule has 16 heavy (non-hydrogen) atoms. The van der Waals surface area contributed by atoms with Crippen LogP contribution in [0.1, 0.15) is 26.7 Å². The van der Waals surface area contributed by atoms with Crippen LogP contribution in [0.3, 0.4) is 0 Å². The molecule has 90 valence electrons. The van der Waals surface area contributed by atoms with Gasteiger partial charge in [-0.2, -0.15) is 0 Å². The SMILES string of the molecule is CC(C)C(=O)N1CCC2(CC1)CNC(=N)N2. The van der Waals surface area contributed by atoms with Gasteiger partial charge in [-0.15, -0.1) is 0 Å². The van der Waals surface area contributed by atoms with Gasteiger partial charge in [0.15, 0.2) is 5.96 Å². The number of piperidine rings is 1. The van der Waals surface area contributed by atoms with E-state index < -0.39 is 0 Å². The molecule has 0 radical (unpaired) electrons. The predicted molar refractivity (Wildman–Crippen MR) is 62.2 cm³/mol. The van der Waals surface area contributed by atoms with Gasteiger partial charge in [-0.3, -0.25) is 10.2 Å². The zero-order valence-electron chi connectivity index (χ0n) is 9.97. The molecule has 0 aromatic rings. The summed E-state index contributed by atoms with van der Waals surface area (Å²) < 4.78 is 0. The van der Waals surface area contributed by atoms with Crippen LogP contribution in [0.5, 0.6) is 0 Å². The van der Waals surface area contributed by atoms with Crippen LogP contribution in [-0.2, 0) is 4.79 Å². The topological polar surface area (TPSA) is 68.2 Å². The van der Waals surface area contributed by atoms with Gasteiger partial charge < -0.3 is 15.5 Å². The van der Waals surface area contributed by atoms with E-state index in [4.69, 9.17) is 5.41 Å². The number of nitrogens with zero attached hydrogens (tertiary/aromatic N) is 1. The number of hydrogen-bond acceptors (Lipinski definition) is 2. The number of carbonyl (C=O) groups excluding carboxylic acids is 1. The third-order valence-corrected chi connectivity index (χ3v) is 3.52. The van der Waals surface area contributed by atoms with Gasteiger partial charge in [0.05, 0.1) is 5.54 Å². The number of nitrogens with one attached hydrogen (secondary N) is 3. The maximum Gasteiger partial charge on any atom is 0.225 e. The second-order valence-corrected chi connectivity index (χ2v) is 5.11. The fourth-order valence-corrected chi connectivity index (χ4v) is 2.43. The molecule has 0 aromatic carbocycles. The van der Waals surface area contributed by atoms with E-state index in [1.54, 1.807) is 0 Å². The molecule has 2 rings (SSSR count). The van der Waals surface area contributed by atoms with E-state index in [0.717, 1.165) is 32.5 Å². The highest BCUT2D eigenvalue weighted by molar-refractivity contribution is 5.80. The first-order chi connectivity index (χ1) is 7.52. The largest absolute Gasteiger partial charge is 0.354 e. The van der Waals surface area contributed by atoms with Crippen LogP contribution >= 0.6 is 0 Å². The van der Waals surface area contributed by atoms with Gasteiger partial charge in [0, 0.05) is 25.6 Å². The van der Waals surface area contributed by atoms with Crippen molar-refractivity contribution in [2.45, 2.75) is 32.2 Å². The lowest BCUT2D eigenvalue weighted by Crippen LogP contribution is -2.54. The van der Waals surface area contributed by atoms with Crippen molar-refractivity contribution in [2.24, 2.45) is 5.92 Å². The van der Waals surface area contributed by atoms with Crippen molar-refractivity contribution in [1.29, 1.82) is 5.41 Å². The Bertz CT molecular complexity index is 305. The number of rotatable bonds is 1. The van der Waals surface area contributed by atoms with Crippen molar-refractivity contribution in [1.82, 2.24) is 15.5 Å². The molecular weight excluding hydrogens is 204 g/mol. The van der Waals surface area contributed by atoms with Crippen LogP contribution in [0.15, 0.2) is 0 Å². The zero-order valence-corrected chi connectivity index (χ0v) is 9.97. The summed E-state index contributed by atoms with van der Waals surface area (Å²) in [6, 6.07) is 0. The van der Waals surface area contributed by atoms with Crippen LogP contribution in [0.25, 0.3) is 0 Å². The number of amides is 1. The molecule has 5 nitrogen and oxygen atoms in total. The summed E-state index contributed by atoms with van der Waals surface area (Å²) in [5.41, 5.74) is 0.0187. The van der Waals surface area contributed by atoms with Crippen LogP contribution in [0.2, 0.25) is 0 Å². The molecule has 2 fully saturated rings. The van der Waals surface area contributed by atoms with Crippen LogP contribution in [-0.4, -0.2) is 41.9 Å². The minimum absolute atomic E-state index is 0.0187. The minimum Gasteiger partial charge on any atom is -0.354 e. The van der Waals surface area contributed by atoms with Gasteiger partial charge in [-0.1, -0.05) is 13.8 Å². The molecule has 1 amide bonds. The van der Waals surface area contributed by atoms with Gasteiger partial charge in [0.1, 0.15) is 0 Å². The lowest BCUT2D eigenvalue weighted by atomic mass is 9.88. The first kappa shape index (κ1) is 11.2. The van der Waals surface area contributed by atoms with Crippen molar-refractivity contribution in [3.8, 4) is 0 Å². The van der Waals surface area contributed by atoms with Gasteiger partial charge >= 0.3 is 0 Å². The number of carbonyl (C=O) groups is 1. The monoisotopic (exact) mass is 224 g/mol. The molecule has 0 saturated carbocycles. The van der Waals surface area contributed by atoms with Crippen LogP contribution in [0, 0.1) is 11.3 Å². The van der Waals surface area contributed by atoms with Crippen molar-refractivity contribution < 1.29 is 4.79 Å². The summed E-state index contributed by atoms with van der Waals surface area (Å²) >= 11 is 0. The van der Waals surface area contributed by atoms with Crippen LogP contribution in [0.4, 0.5) is 0 Å². The summed E-state index contributed by atoms with van der Waals surface area (Å²) in [5.74, 6) is 0.751. The van der Waals surface area contributed by atoms with E-state index in [1.165, 1.54) is 0 Å². The molecule has 0 atom stereocenters. The Kier molecular flexibility index (Phi) is 2.78. The molecule has 0 aliphatic carbocycles. The van der Waals surface area contributed by atoms with E-state index >= 15 is 0 Å². The third kappa shape index (κ3) is 1.99. The lowest BCUT2D eigenvalue weighted by Gasteiger charge is -2.39. The molecule has 2 heterocycles. The molecule has 5 heteroatoms. The maximum absolute atomic E-state index is 11.8. The summed E-state index contributed by atoms with van der Waals surface area (Å²) in [6.45, 7) is 6.31. The average molecular weight is 224 g/mol. The Hall–Kier alpha value is -1.26. The Labute approximate surface area is 96.1 Å². The van der Waals surface area contributed by atoms with Crippen molar-refractivity contribution in [3.05, 3.63) is 0 Å². The van der Waals surface area contributed by atoms with Gasteiger partial charge in [-0.05, 0) is 12.8 Å². The Morgan fingerprint density at radius 2 is 2.06 bits per heavy atom. The summed E-state index contributed by atoms with van der Waals surface area (Å²) in [6.07, 6.45) is 1.86. The van der Waals surface area contributed by atoms with Gasteiger partial charge in [0.2, 0.25) is 5.91 Å². The standard InChI is InChI=1S/C11H20N4O/c1-8(2)9(16)15-5-3-11(4-6-15)7-13-10(12)14-11/h8H,3-7H2,1-2H3,(H3,12,13,14). The Morgan fingerprint density at radius 1 is 1.44 bits per heavy atom. The van der Waals surface area contributed by atoms with Crippen molar-refractivity contribution in [2.75, 3.05) is 19.6 Å². The highest BCUT2D eigenvalue weighted by atomic mass is 16.2. The molecule has 0 bridgehead atoms. The second kappa shape index (κ2) is 3.96. The molecule has 0 unspecified atom stereocenters. The van der Waals surface area contributed by atoms with Crippen LogP contribution < -0.4 is 10.6 Å². The highest BCUT2D eigenvalue weighted by Gasteiger charge is 2.40. The smallest absolute Gasteiger partial charge is 0.225 e. The first-order valence-electron chi connectivity index (χ1n) is 5.92. The Morgan fingerprint density at radius 3 is 2.50 bits per heavy atom. The zero-order chi connectivity index (χ0) is 11.8. The third-order valence-electron chi connectivity index (χ3n) is 3.52. The minimum atomic E-state index is 0.0187. The maximum atomic E-state index is 11.8. The molecular formula is C11H20N4O. The summed E-state index contributed by atoms with van der Waals surface area (Å²) in [4.78, 5) is 13.8. The van der Waals surface area contributed by atoms with E-state index in [0.29, 0.717) is 5.96 Å². The molecule has 3 N–H and O–H groups in total. The number of guanidine groups is 1. The lowest BCUT2D eigenvalue weighted by molar-refractivity contribution is -0.136. The van der Waals surface area contributed by atoms with Gasteiger partial charge in [-0.25, -0.2) is 0 Å². The normalized spacial score (nSPS) is 23.4. The first-order valence-corrected chi connectivity index (χ1v) is 5.92. The Balaban J connectivity index is 1.92. The fourth-order valence-electron chi connectivity index (χ4n) is 2.43. The van der Waals surface area contributed by atoms with Gasteiger partial charge in [0.25, 0.3) is 0 Å². The average Bonchev–Trinajstić information content (AvgIpc) is 2.60. The molecule has 2 aliphatic rings. The highest BCUT2D eigenvalue weighted by Crippen LogP contribution is 2.24. The fraction of sp³-hybridized carbons (Fsp3) is 0.818. The number of likely N-dealkylation sites (tertiary alicyclic amines) is 1. The molecule has 2 saturated heterocycles. The van der Waals surface area contributed by atoms with E-state index in [9.17, 15) is 4.79 Å². The van der Waals surface area contributed by atoms with Crippen molar-refractivity contribution >= 4 is 11.9 Å². The van der Waals surface area contributed by atoms with E-state index in [2.05, 4.69) is 10.6 Å². The van der Waals surface area contributed by atoms with Crippen molar-refractivity contribution in [3.63, 3.8) is 0 Å². The molecule has 2 aliphatic heterocycles. The second-order valence-electron chi connectivity index (χ2n) is 5.11. The predicted octanol–water partition coefficient (Wildman–Crippen LogP) is 0.131. The summed E-state index contributed by atoms with van der Waals surface area (Å²) in [5, 5.41) is 13.7. The molecule has 1 spiro atoms. The summed E-state index contributed by atoms with van der Waals surface area (Å²) in [7, 11) is 0.